The molecular formula is C16H21NO2. The molecule has 0 rings (SSSR count). The highest BCUT2D eigenvalue weighted by atomic mass is 16.5. The predicted molar refractivity (Wildman–Crippen MR) is 78.7 cm³/mol. The summed E-state index contributed by atoms with van der Waals surface area (Å²) in [5.74, 6) is 8.62. The highest BCUT2D eigenvalue weighted by molar-refractivity contribution is 5.72. The SMILES string of the molecule is C#CC[C@@H](O)/C=C/C=C/C#CCCCCC(=N)OC. The monoisotopic (exact) mass is 259 g/mol. The van der Waals surface area contributed by atoms with Crippen LogP contribution in [-0.4, -0.2) is 24.2 Å². The minimum Gasteiger partial charge on any atom is -0.484 e. The van der Waals surface area contributed by atoms with E-state index in [0.29, 0.717) is 18.7 Å². The maximum Gasteiger partial charge on any atom is 0.180 e. The predicted octanol–water partition coefficient (Wildman–Crippen LogP) is 2.67. The fourth-order valence-electron chi connectivity index (χ4n) is 1.22. The molecule has 0 heterocycles. The summed E-state index contributed by atoms with van der Waals surface area (Å²) in [7, 11) is 1.51. The zero-order valence-corrected chi connectivity index (χ0v) is 11.4. The van der Waals surface area contributed by atoms with Crippen LogP contribution in [0.2, 0.25) is 0 Å². The molecule has 2 N–H and O–H groups in total. The molecule has 0 aromatic rings. The van der Waals surface area contributed by atoms with Gasteiger partial charge in [0.1, 0.15) is 0 Å². The first kappa shape index (κ1) is 17.0. The molecule has 0 spiro atoms. The molecule has 0 saturated heterocycles. The Labute approximate surface area is 115 Å². The average molecular weight is 259 g/mol. The van der Waals surface area contributed by atoms with Gasteiger partial charge in [-0.1, -0.05) is 30.1 Å². The molecule has 0 aliphatic carbocycles. The number of aliphatic hydroxyl groups excluding tert-OH is 1. The smallest absolute Gasteiger partial charge is 0.180 e. The molecule has 3 heteroatoms. The fourth-order valence-corrected chi connectivity index (χ4v) is 1.22. The molecule has 0 bridgehead atoms. The Morgan fingerprint density at radius 3 is 2.89 bits per heavy atom. The van der Waals surface area contributed by atoms with Gasteiger partial charge < -0.3 is 9.84 Å². The minimum absolute atomic E-state index is 0.323. The Balaban J connectivity index is 3.64. The summed E-state index contributed by atoms with van der Waals surface area (Å²) in [5.41, 5.74) is 0. The van der Waals surface area contributed by atoms with Gasteiger partial charge >= 0.3 is 0 Å². The summed E-state index contributed by atoms with van der Waals surface area (Å²) < 4.78 is 4.75. The number of allylic oxidation sites excluding steroid dienone is 3. The number of methoxy groups -OCH3 is 1. The Bertz CT molecular complexity index is 405. The number of hydrogen-bond donors (Lipinski definition) is 2. The summed E-state index contributed by atoms with van der Waals surface area (Å²) >= 11 is 0. The van der Waals surface area contributed by atoms with Crippen LogP contribution in [0.3, 0.4) is 0 Å². The lowest BCUT2D eigenvalue weighted by atomic mass is 10.2. The molecule has 0 aromatic carbocycles. The van der Waals surface area contributed by atoms with Crippen LogP contribution in [0.4, 0.5) is 0 Å². The van der Waals surface area contributed by atoms with Gasteiger partial charge in [0.2, 0.25) is 0 Å². The van der Waals surface area contributed by atoms with E-state index in [9.17, 15) is 5.11 Å². The summed E-state index contributed by atoms with van der Waals surface area (Å²) in [6.45, 7) is 0. The number of nitrogens with one attached hydrogen (secondary N) is 1. The van der Waals surface area contributed by atoms with Crippen molar-refractivity contribution < 1.29 is 9.84 Å². The van der Waals surface area contributed by atoms with Crippen molar-refractivity contribution in [2.75, 3.05) is 7.11 Å². The third-order valence-corrected chi connectivity index (χ3v) is 2.25. The molecule has 19 heavy (non-hydrogen) atoms. The second kappa shape index (κ2) is 12.5. The molecule has 0 aromatic heterocycles. The van der Waals surface area contributed by atoms with Crippen LogP contribution >= 0.6 is 0 Å². The average Bonchev–Trinajstić information content (AvgIpc) is 2.40. The number of unbranched alkanes of at least 4 members (excludes halogenated alkanes) is 2. The van der Waals surface area contributed by atoms with Crippen molar-refractivity contribution in [1.82, 2.24) is 0 Å². The van der Waals surface area contributed by atoms with E-state index in [2.05, 4.69) is 17.8 Å². The molecule has 3 nitrogen and oxygen atoms in total. The second-order valence-electron chi connectivity index (χ2n) is 3.88. The summed E-state index contributed by atoms with van der Waals surface area (Å²) in [6, 6.07) is 0. The maximum absolute atomic E-state index is 9.29. The number of rotatable bonds is 7. The van der Waals surface area contributed by atoms with Crippen molar-refractivity contribution in [3.63, 3.8) is 0 Å². The standard InChI is InChI=1S/C16H21NO2/c1-3-12-15(18)13-10-8-6-4-5-7-9-11-14-16(17)19-2/h1,6,8,10,13,15,17-18H,7,9,11-12,14H2,2H3/b8-6+,13-10+,17-16?/t15-/m1/s1. The summed E-state index contributed by atoms with van der Waals surface area (Å²) in [4.78, 5) is 0. The van der Waals surface area contributed by atoms with Gasteiger partial charge in [0.15, 0.2) is 5.90 Å². The zero-order valence-electron chi connectivity index (χ0n) is 11.4. The van der Waals surface area contributed by atoms with Crippen LogP contribution in [0.1, 0.15) is 32.1 Å². The van der Waals surface area contributed by atoms with E-state index >= 15 is 0 Å². The Morgan fingerprint density at radius 2 is 2.21 bits per heavy atom. The van der Waals surface area contributed by atoms with E-state index in [1.807, 2.05) is 0 Å². The van der Waals surface area contributed by atoms with Gasteiger partial charge in [0.05, 0.1) is 13.2 Å². The van der Waals surface area contributed by atoms with Crippen molar-refractivity contribution in [2.24, 2.45) is 0 Å². The summed E-state index contributed by atoms with van der Waals surface area (Å²) in [6.07, 6.45) is 15.0. The zero-order chi connectivity index (χ0) is 14.3. The van der Waals surface area contributed by atoms with Crippen molar-refractivity contribution in [2.45, 2.75) is 38.2 Å². The van der Waals surface area contributed by atoms with Crippen LogP contribution < -0.4 is 0 Å². The normalized spacial score (nSPS) is 11.8. The molecule has 0 saturated carbocycles. The Kier molecular flexibility index (Phi) is 11.2. The minimum atomic E-state index is -0.585. The molecule has 0 aliphatic rings. The molecule has 0 fully saturated rings. The van der Waals surface area contributed by atoms with Gasteiger partial charge in [-0.25, -0.2) is 0 Å². The maximum atomic E-state index is 9.29. The molecule has 1 atom stereocenters. The van der Waals surface area contributed by atoms with Gasteiger partial charge in [0, 0.05) is 19.3 Å². The largest absolute Gasteiger partial charge is 0.484 e. The second-order valence-corrected chi connectivity index (χ2v) is 3.88. The fraction of sp³-hybridized carbons (Fsp3) is 0.438. The molecule has 0 radical (unpaired) electrons. The van der Waals surface area contributed by atoms with Gasteiger partial charge in [-0.3, -0.25) is 5.41 Å². The highest BCUT2D eigenvalue weighted by Gasteiger charge is 1.93. The topological polar surface area (TPSA) is 53.3 Å². The first-order valence-electron chi connectivity index (χ1n) is 6.25. The van der Waals surface area contributed by atoms with Crippen LogP contribution in [-0.2, 0) is 4.74 Å². The quantitative estimate of drug-likeness (QED) is 0.243. The van der Waals surface area contributed by atoms with Crippen LogP contribution in [0.15, 0.2) is 24.3 Å². The van der Waals surface area contributed by atoms with E-state index in [0.717, 1.165) is 19.3 Å². The number of hydrogen-bond acceptors (Lipinski definition) is 3. The van der Waals surface area contributed by atoms with E-state index < -0.39 is 6.10 Å². The lowest BCUT2D eigenvalue weighted by molar-refractivity contribution is 0.229. The first-order chi connectivity index (χ1) is 9.20. The molecule has 0 unspecified atom stereocenters. The molecular weight excluding hydrogens is 238 g/mol. The van der Waals surface area contributed by atoms with Crippen molar-refractivity contribution >= 4 is 5.90 Å². The van der Waals surface area contributed by atoms with Gasteiger partial charge in [-0.05, 0) is 18.9 Å². The lowest BCUT2D eigenvalue weighted by Crippen LogP contribution is -1.98. The van der Waals surface area contributed by atoms with Crippen molar-refractivity contribution in [1.29, 1.82) is 5.41 Å². The van der Waals surface area contributed by atoms with Crippen LogP contribution in [0.25, 0.3) is 0 Å². The molecule has 0 amide bonds. The van der Waals surface area contributed by atoms with E-state index in [1.54, 1.807) is 24.3 Å². The third-order valence-electron chi connectivity index (χ3n) is 2.25. The number of aliphatic hydroxyl groups is 1. The van der Waals surface area contributed by atoms with Gasteiger partial charge in [-0.2, -0.15) is 0 Å². The molecule has 0 aliphatic heterocycles. The first-order valence-corrected chi connectivity index (χ1v) is 6.25. The van der Waals surface area contributed by atoms with Crippen LogP contribution in [0, 0.1) is 29.6 Å². The Hall–Kier alpha value is -1.97. The lowest BCUT2D eigenvalue weighted by Gasteiger charge is -1.99. The van der Waals surface area contributed by atoms with E-state index in [4.69, 9.17) is 16.6 Å². The molecule has 102 valence electrons. The van der Waals surface area contributed by atoms with Crippen molar-refractivity contribution in [3.05, 3.63) is 24.3 Å². The highest BCUT2D eigenvalue weighted by Crippen LogP contribution is 2.00. The number of ether oxygens (including phenoxy) is 1. The van der Waals surface area contributed by atoms with E-state index in [-0.39, 0.29) is 0 Å². The van der Waals surface area contributed by atoms with Gasteiger partial charge in [-0.15, -0.1) is 12.3 Å². The van der Waals surface area contributed by atoms with Crippen molar-refractivity contribution in [3.8, 4) is 24.2 Å². The Morgan fingerprint density at radius 1 is 1.42 bits per heavy atom. The van der Waals surface area contributed by atoms with E-state index in [1.165, 1.54) is 7.11 Å². The van der Waals surface area contributed by atoms with Gasteiger partial charge in [0.25, 0.3) is 0 Å². The van der Waals surface area contributed by atoms with Crippen LogP contribution in [0.5, 0.6) is 0 Å². The summed E-state index contributed by atoms with van der Waals surface area (Å²) in [5, 5.41) is 16.6. The number of terminal acetylenes is 1. The third kappa shape index (κ3) is 12.3.